The Labute approximate surface area is 68.5 Å². The van der Waals surface area contributed by atoms with E-state index in [0.717, 1.165) is 0 Å². The Morgan fingerprint density at radius 2 is 1.67 bits per heavy atom. The van der Waals surface area contributed by atoms with Crippen LogP contribution in [-0.2, 0) is 9.59 Å². The maximum atomic E-state index is 9.99. The Morgan fingerprint density at radius 1 is 1.25 bits per heavy atom. The fourth-order valence-electron chi connectivity index (χ4n) is 0.402. The summed E-state index contributed by atoms with van der Waals surface area (Å²) in [6.07, 6.45) is -0.224. The molecule has 0 bridgehead atoms. The molecular weight excluding hydrogens is 168 g/mol. The lowest BCUT2D eigenvalue weighted by Crippen LogP contribution is -2.30. The molecule has 0 aliphatic carbocycles. The van der Waals surface area contributed by atoms with Gasteiger partial charge >= 0.3 is 11.9 Å². The normalized spacial score (nSPS) is 10.9. The predicted molar refractivity (Wildman–Crippen MR) is 38.5 cm³/mol. The molecule has 0 aliphatic rings. The minimum atomic E-state index is -1.17. The first-order valence-corrected chi connectivity index (χ1v) is 3.00. The third kappa shape index (κ3) is 8.82. The molecule has 0 heterocycles. The number of aliphatic carboxylic acids is 2. The highest BCUT2D eigenvalue weighted by molar-refractivity contribution is 5.74. The molecule has 0 saturated heterocycles. The van der Waals surface area contributed by atoms with Crippen LogP contribution in [0.1, 0.15) is 12.8 Å². The fraction of sp³-hybridized carbons (Fsp3) is 0.600. The van der Waals surface area contributed by atoms with Crippen molar-refractivity contribution in [3.05, 3.63) is 0 Å². The summed E-state index contributed by atoms with van der Waals surface area (Å²) < 4.78 is 0. The average Bonchev–Trinajstić information content (AvgIpc) is 2.03. The van der Waals surface area contributed by atoms with Crippen LogP contribution in [0.2, 0.25) is 0 Å². The molecule has 1 unspecified atom stereocenters. The van der Waals surface area contributed by atoms with Gasteiger partial charge in [-0.3, -0.25) is 9.59 Å². The van der Waals surface area contributed by atoms with Crippen molar-refractivity contribution < 1.29 is 25.0 Å². The number of nitrogens with two attached hydrogens (primary N) is 2. The summed E-state index contributed by atoms with van der Waals surface area (Å²) in [4.78, 5) is 19.9. The van der Waals surface area contributed by atoms with Crippen molar-refractivity contribution in [3.63, 3.8) is 0 Å². The van der Waals surface area contributed by atoms with Gasteiger partial charge < -0.3 is 21.2 Å². The Morgan fingerprint density at radius 3 is 1.92 bits per heavy atom. The number of carbonyl (C=O) groups is 2. The van der Waals surface area contributed by atoms with E-state index in [1.807, 2.05) is 0 Å². The second-order valence-corrected chi connectivity index (χ2v) is 1.88. The molecule has 7 heteroatoms. The molecule has 0 aromatic carbocycles. The Kier molecular flexibility index (Phi) is 8.85. The maximum Gasteiger partial charge on any atom is 0.320 e. The molecule has 0 saturated carbocycles. The van der Waals surface area contributed by atoms with Crippen molar-refractivity contribution in [2.75, 3.05) is 0 Å². The van der Waals surface area contributed by atoms with Crippen LogP contribution in [0.3, 0.4) is 0 Å². The van der Waals surface area contributed by atoms with Gasteiger partial charge in [-0.15, -0.1) is 0 Å². The lowest BCUT2D eigenvalue weighted by molar-refractivity contribution is -0.139. The highest BCUT2D eigenvalue weighted by atomic mass is 16.4. The Hall–Kier alpha value is -1.18. The molecule has 0 aromatic heterocycles. The quantitative estimate of drug-likeness (QED) is 0.334. The third-order valence-corrected chi connectivity index (χ3v) is 0.986. The first-order valence-electron chi connectivity index (χ1n) is 3.00. The zero-order chi connectivity index (χ0) is 10.1. The van der Waals surface area contributed by atoms with Gasteiger partial charge in [0.15, 0.2) is 0 Å². The van der Waals surface area contributed by atoms with E-state index in [1.54, 1.807) is 0 Å². The molecule has 72 valence electrons. The number of hydrogen-bond donors (Lipinski definition) is 5. The van der Waals surface area contributed by atoms with Crippen LogP contribution in [0.15, 0.2) is 0 Å². The van der Waals surface area contributed by atoms with E-state index in [0.29, 0.717) is 0 Å². The fourth-order valence-corrected chi connectivity index (χ4v) is 0.402. The summed E-state index contributed by atoms with van der Waals surface area (Å²) in [7, 11) is 0. The van der Waals surface area contributed by atoms with Crippen LogP contribution in [0.4, 0.5) is 0 Å². The summed E-state index contributed by atoms with van der Waals surface area (Å²) in [5.74, 6) is 1.30. The number of carboxylic acids is 2. The van der Waals surface area contributed by atoms with E-state index in [-0.39, 0.29) is 12.8 Å². The first kappa shape index (κ1) is 13.4. The monoisotopic (exact) mass is 180 g/mol. The van der Waals surface area contributed by atoms with Crippen LogP contribution in [-0.4, -0.2) is 33.4 Å². The van der Waals surface area contributed by atoms with Crippen LogP contribution in [0, 0.1) is 0 Å². The largest absolute Gasteiger partial charge is 0.481 e. The lowest BCUT2D eigenvalue weighted by atomic mass is 10.2. The number of rotatable bonds is 4. The molecule has 0 aromatic rings. The summed E-state index contributed by atoms with van der Waals surface area (Å²) >= 11 is 0. The molecule has 7 nitrogen and oxygen atoms in total. The molecule has 0 radical (unpaired) electrons. The molecule has 0 amide bonds. The average molecular weight is 180 g/mol. The molecular formula is C5H12N2O5. The highest BCUT2D eigenvalue weighted by Gasteiger charge is 2.12. The minimum Gasteiger partial charge on any atom is -0.481 e. The molecule has 0 rings (SSSR count). The SMILES string of the molecule is NC(CCC(=O)O)C(=O)O.NO. The van der Waals surface area contributed by atoms with Crippen LogP contribution in [0.25, 0.3) is 0 Å². The van der Waals surface area contributed by atoms with Gasteiger partial charge in [0.25, 0.3) is 0 Å². The lowest BCUT2D eigenvalue weighted by Gasteiger charge is -2.01. The minimum absolute atomic E-state index is 0.0231. The van der Waals surface area contributed by atoms with Crippen molar-refractivity contribution in [1.82, 2.24) is 0 Å². The molecule has 7 N–H and O–H groups in total. The van der Waals surface area contributed by atoms with Gasteiger partial charge in [0.05, 0.1) is 0 Å². The molecule has 0 aliphatic heterocycles. The van der Waals surface area contributed by atoms with Crippen molar-refractivity contribution >= 4 is 11.9 Å². The zero-order valence-corrected chi connectivity index (χ0v) is 6.30. The van der Waals surface area contributed by atoms with Gasteiger partial charge in [-0.05, 0) is 6.42 Å². The van der Waals surface area contributed by atoms with Gasteiger partial charge in [-0.1, -0.05) is 0 Å². The van der Waals surface area contributed by atoms with Gasteiger partial charge in [-0.2, -0.15) is 0 Å². The molecule has 1 atom stereocenters. The Bertz CT molecular complexity index is 149. The van der Waals surface area contributed by atoms with Crippen LogP contribution in [0.5, 0.6) is 0 Å². The van der Waals surface area contributed by atoms with E-state index < -0.39 is 18.0 Å². The number of carboxylic acid groups (broad SMARTS) is 2. The first-order chi connectivity index (χ1) is 5.54. The van der Waals surface area contributed by atoms with E-state index in [4.69, 9.17) is 21.2 Å². The molecule has 12 heavy (non-hydrogen) atoms. The molecule has 0 spiro atoms. The van der Waals surface area contributed by atoms with Crippen LogP contribution < -0.4 is 11.6 Å². The van der Waals surface area contributed by atoms with Gasteiger partial charge in [0.2, 0.25) is 0 Å². The number of hydrogen-bond acceptors (Lipinski definition) is 5. The highest BCUT2D eigenvalue weighted by Crippen LogP contribution is 1.93. The summed E-state index contributed by atoms with van der Waals surface area (Å²) in [5.41, 5.74) is 5.00. The van der Waals surface area contributed by atoms with Crippen molar-refractivity contribution in [1.29, 1.82) is 0 Å². The van der Waals surface area contributed by atoms with E-state index in [2.05, 4.69) is 5.90 Å². The van der Waals surface area contributed by atoms with E-state index in [1.165, 1.54) is 0 Å². The summed E-state index contributed by atoms with van der Waals surface area (Å²) in [6, 6.07) is -1.06. The smallest absolute Gasteiger partial charge is 0.320 e. The topological polar surface area (TPSA) is 147 Å². The summed E-state index contributed by atoms with van der Waals surface area (Å²) in [5, 5.41) is 22.8. The second kappa shape index (κ2) is 7.92. The zero-order valence-electron chi connectivity index (χ0n) is 6.30. The van der Waals surface area contributed by atoms with Crippen LogP contribution >= 0.6 is 0 Å². The van der Waals surface area contributed by atoms with E-state index in [9.17, 15) is 9.59 Å². The predicted octanol–water partition coefficient (Wildman–Crippen LogP) is -1.40. The van der Waals surface area contributed by atoms with Crippen molar-refractivity contribution in [3.8, 4) is 0 Å². The van der Waals surface area contributed by atoms with E-state index >= 15 is 0 Å². The van der Waals surface area contributed by atoms with Crippen molar-refractivity contribution in [2.45, 2.75) is 18.9 Å². The third-order valence-electron chi connectivity index (χ3n) is 0.986. The molecule has 0 fully saturated rings. The maximum absolute atomic E-state index is 9.99. The second-order valence-electron chi connectivity index (χ2n) is 1.88. The van der Waals surface area contributed by atoms with Gasteiger partial charge in [0, 0.05) is 6.42 Å². The van der Waals surface area contributed by atoms with Gasteiger partial charge in [-0.25, -0.2) is 5.90 Å². The summed E-state index contributed by atoms with van der Waals surface area (Å²) in [6.45, 7) is 0. The van der Waals surface area contributed by atoms with Gasteiger partial charge in [0.1, 0.15) is 6.04 Å². The standard InChI is InChI=1S/C5H9NO4.H3NO/c6-3(5(9)10)1-2-4(7)8;1-2/h3H,1-2,6H2,(H,7,8)(H,9,10);2H,1H2. The Balaban J connectivity index is 0. The van der Waals surface area contributed by atoms with Crippen molar-refractivity contribution in [2.24, 2.45) is 11.6 Å².